The van der Waals surface area contributed by atoms with Crippen molar-refractivity contribution < 1.29 is 13.9 Å². The van der Waals surface area contributed by atoms with E-state index < -0.39 is 5.66 Å². The molecule has 0 spiro atoms. The van der Waals surface area contributed by atoms with Gasteiger partial charge in [0.05, 0.1) is 32.7 Å². The predicted octanol–water partition coefficient (Wildman–Crippen LogP) is 5.04. The summed E-state index contributed by atoms with van der Waals surface area (Å²) in [6.07, 6.45) is 10.7. The van der Waals surface area contributed by atoms with Gasteiger partial charge < -0.3 is 25.0 Å². The molecular formula is C30H34FN5O2. The van der Waals surface area contributed by atoms with Crippen LogP contribution in [0.15, 0.2) is 63.9 Å². The van der Waals surface area contributed by atoms with Gasteiger partial charge in [-0.1, -0.05) is 6.07 Å². The Morgan fingerprint density at radius 3 is 2.58 bits per heavy atom. The number of halogens is 1. The Morgan fingerprint density at radius 2 is 1.82 bits per heavy atom. The molecule has 198 valence electrons. The summed E-state index contributed by atoms with van der Waals surface area (Å²) in [6, 6.07) is 10.8. The van der Waals surface area contributed by atoms with Gasteiger partial charge in [-0.3, -0.25) is 9.98 Å². The fraction of sp³-hybridized carbons (Fsp3) is 0.400. The van der Waals surface area contributed by atoms with Crippen molar-refractivity contribution in [3.8, 4) is 0 Å². The van der Waals surface area contributed by atoms with Gasteiger partial charge in [0.2, 0.25) is 0 Å². The summed E-state index contributed by atoms with van der Waals surface area (Å²) in [5, 5.41) is 7.31. The van der Waals surface area contributed by atoms with Crippen molar-refractivity contribution in [1.82, 2.24) is 5.32 Å². The average molecular weight is 516 g/mol. The highest BCUT2D eigenvalue weighted by molar-refractivity contribution is 6.01. The van der Waals surface area contributed by atoms with Crippen LogP contribution in [0.25, 0.3) is 6.08 Å². The molecule has 7 nitrogen and oxygen atoms in total. The highest BCUT2D eigenvalue weighted by Crippen LogP contribution is 2.37. The van der Waals surface area contributed by atoms with Crippen molar-refractivity contribution in [2.24, 2.45) is 9.98 Å². The van der Waals surface area contributed by atoms with E-state index in [0.29, 0.717) is 26.4 Å². The Balaban J connectivity index is 1.29. The Hall–Kier alpha value is -3.65. The van der Waals surface area contributed by atoms with Crippen LogP contribution in [0.1, 0.15) is 42.9 Å². The van der Waals surface area contributed by atoms with Gasteiger partial charge in [-0.25, -0.2) is 4.39 Å². The first kappa shape index (κ1) is 24.7. The highest BCUT2D eigenvalue weighted by Gasteiger charge is 2.35. The summed E-state index contributed by atoms with van der Waals surface area (Å²) < 4.78 is 25.5. The van der Waals surface area contributed by atoms with Gasteiger partial charge in [0.15, 0.2) is 11.6 Å². The van der Waals surface area contributed by atoms with Gasteiger partial charge in [-0.05, 0) is 78.4 Å². The summed E-state index contributed by atoms with van der Waals surface area (Å²) >= 11 is 0. The summed E-state index contributed by atoms with van der Waals surface area (Å²) in [7, 11) is 0. The van der Waals surface area contributed by atoms with Crippen LogP contribution in [0, 0.1) is 5.82 Å². The van der Waals surface area contributed by atoms with Crippen molar-refractivity contribution in [2.45, 2.75) is 44.7 Å². The van der Waals surface area contributed by atoms with Gasteiger partial charge in [-0.2, -0.15) is 0 Å². The van der Waals surface area contributed by atoms with Gasteiger partial charge in [0.1, 0.15) is 11.5 Å². The van der Waals surface area contributed by atoms with Crippen LogP contribution >= 0.6 is 0 Å². The standard InChI is InChI=1S/C30H34FN5O2/c1-21-18-32-20-36(19-21)27-10-3-22(25-8-9-26(25)27)17-28-29(33-13-2-14-38-28)35-30(11-15-37-16-12-30)34-24-6-4-23(31)5-7-24/h3-7,10,17,19-20,34H,2,8-9,11-16,18H2,1H3,(H,33,35)/b28-17-. The van der Waals surface area contributed by atoms with E-state index in [1.165, 1.54) is 40.1 Å². The van der Waals surface area contributed by atoms with Crippen LogP contribution in [-0.4, -0.2) is 50.7 Å². The van der Waals surface area contributed by atoms with E-state index in [-0.39, 0.29) is 5.82 Å². The fourth-order valence-electron chi connectivity index (χ4n) is 5.41. The molecule has 6 rings (SSSR count). The SMILES string of the molecule is CC1=CN(c2ccc(/C=C3\OCCCN=C3NC3(Nc4ccc(F)cc4)CCOCC3)c3c2CC3)C=NC1. The molecule has 0 unspecified atom stereocenters. The molecule has 0 atom stereocenters. The van der Waals surface area contributed by atoms with E-state index in [2.05, 4.69) is 51.9 Å². The molecule has 0 aromatic heterocycles. The molecule has 0 radical (unpaired) electrons. The molecule has 0 saturated carbocycles. The van der Waals surface area contributed by atoms with Crippen molar-refractivity contribution in [2.75, 3.05) is 43.1 Å². The molecule has 0 amide bonds. The van der Waals surface area contributed by atoms with Crippen LogP contribution in [-0.2, 0) is 22.3 Å². The van der Waals surface area contributed by atoms with Gasteiger partial charge in [0.25, 0.3) is 0 Å². The summed E-state index contributed by atoms with van der Waals surface area (Å²) in [4.78, 5) is 11.5. The number of fused-ring (bicyclic) bond motifs is 1. The molecule has 2 aromatic carbocycles. The minimum atomic E-state index is -0.478. The lowest BCUT2D eigenvalue weighted by molar-refractivity contribution is 0.0552. The molecule has 4 aliphatic rings. The van der Waals surface area contributed by atoms with Crippen LogP contribution < -0.4 is 15.5 Å². The number of aliphatic imine (C=N–C) groups is 2. The predicted molar refractivity (Wildman–Crippen MR) is 150 cm³/mol. The zero-order valence-corrected chi connectivity index (χ0v) is 21.8. The minimum Gasteiger partial charge on any atom is -0.490 e. The molecule has 0 bridgehead atoms. The maximum atomic E-state index is 13.5. The smallest absolute Gasteiger partial charge is 0.166 e. The van der Waals surface area contributed by atoms with E-state index in [4.69, 9.17) is 14.5 Å². The Bertz CT molecular complexity index is 1310. The lowest BCUT2D eigenvalue weighted by Crippen LogP contribution is -2.57. The average Bonchev–Trinajstić information content (AvgIpc) is 3.11. The highest BCUT2D eigenvalue weighted by atomic mass is 19.1. The topological polar surface area (TPSA) is 70.5 Å². The number of nitrogens with one attached hydrogen (secondary N) is 2. The first-order valence-corrected chi connectivity index (χ1v) is 13.5. The van der Waals surface area contributed by atoms with E-state index >= 15 is 0 Å². The molecule has 1 aliphatic carbocycles. The Labute approximate surface area is 223 Å². The largest absolute Gasteiger partial charge is 0.490 e. The molecule has 3 heterocycles. The molecule has 8 heteroatoms. The fourth-order valence-corrected chi connectivity index (χ4v) is 5.41. The third-order valence-corrected chi connectivity index (χ3v) is 7.53. The van der Waals surface area contributed by atoms with E-state index in [1.54, 1.807) is 12.1 Å². The van der Waals surface area contributed by atoms with Gasteiger partial charge in [-0.15, -0.1) is 0 Å². The summed E-state index contributed by atoms with van der Waals surface area (Å²) in [6.45, 7) is 5.44. The normalized spacial score (nSPS) is 21.4. The van der Waals surface area contributed by atoms with E-state index in [1.807, 2.05) is 6.34 Å². The maximum absolute atomic E-state index is 13.5. The van der Waals surface area contributed by atoms with Crippen molar-refractivity contribution in [3.05, 3.63) is 76.4 Å². The number of nitrogens with zero attached hydrogens (tertiary/aromatic N) is 3. The van der Waals surface area contributed by atoms with Crippen LogP contribution in [0.2, 0.25) is 0 Å². The van der Waals surface area contributed by atoms with Crippen molar-refractivity contribution in [1.29, 1.82) is 0 Å². The second-order valence-electron chi connectivity index (χ2n) is 10.4. The number of anilines is 2. The molecule has 38 heavy (non-hydrogen) atoms. The van der Waals surface area contributed by atoms with E-state index in [9.17, 15) is 4.39 Å². The number of benzene rings is 2. The zero-order valence-electron chi connectivity index (χ0n) is 21.8. The first-order chi connectivity index (χ1) is 18.6. The molecule has 1 saturated heterocycles. The molecule has 3 aliphatic heterocycles. The zero-order chi connectivity index (χ0) is 26.0. The van der Waals surface area contributed by atoms with Crippen LogP contribution in [0.4, 0.5) is 15.8 Å². The quantitative estimate of drug-likeness (QED) is 0.546. The third kappa shape index (κ3) is 5.18. The van der Waals surface area contributed by atoms with Gasteiger partial charge in [0, 0.05) is 43.4 Å². The lowest BCUT2D eigenvalue weighted by atomic mass is 9.82. The molecule has 2 aromatic rings. The molecule has 2 N–H and O–H groups in total. The number of ether oxygens (including phenoxy) is 2. The third-order valence-electron chi connectivity index (χ3n) is 7.53. The monoisotopic (exact) mass is 515 g/mol. The van der Waals surface area contributed by atoms with Crippen molar-refractivity contribution in [3.63, 3.8) is 0 Å². The second kappa shape index (κ2) is 10.6. The number of amidine groups is 1. The van der Waals surface area contributed by atoms with Gasteiger partial charge >= 0.3 is 0 Å². The molecular weight excluding hydrogens is 481 g/mol. The summed E-state index contributed by atoms with van der Waals surface area (Å²) in [5.74, 6) is 1.25. The Morgan fingerprint density at radius 1 is 1.00 bits per heavy atom. The van der Waals surface area contributed by atoms with E-state index in [0.717, 1.165) is 55.9 Å². The van der Waals surface area contributed by atoms with Crippen LogP contribution in [0.3, 0.4) is 0 Å². The number of hydrogen-bond acceptors (Lipinski definition) is 7. The van der Waals surface area contributed by atoms with Crippen molar-refractivity contribution >= 4 is 29.6 Å². The first-order valence-electron chi connectivity index (χ1n) is 13.5. The minimum absolute atomic E-state index is 0.252. The lowest BCUT2D eigenvalue weighted by Gasteiger charge is -2.40. The van der Waals surface area contributed by atoms with Crippen LogP contribution in [0.5, 0.6) is 0 Å². The summed E-state index contributed by atoms with van der Waals surface area (Å²) in [5.41, 5.74) is 6.73. The molecule has 1 fully saturated rings. The second-order valence-corrected chi connectivity index (χ2v) is 10.4. The number of hydrogen-bond donors (Lipinski definition) is 2. The maximum Gasteiger partial charge on any atom is 0.166 e. The Kier molecular flexibility index (Phi) is 6.89. The number of rotatable bonds is 5.